The monoisotopic (exact) mass is 167 g/mol. The van der Waals surface area contributed by atoms with Gasteiger partial charge >= 0.3 is 0 Å². The molecule has 3 heteroatoms. The Bertz CT molecular complexity index is 192. The van der Waals surface area contributed by atoms with E-state index in [2.05, 4.69) is 5.10 Å². The third-order valence-corrected chi connectivity index (χ3v) is 1.86. The SMILES string of the molecule is CC(N)CCCCn1cccn1. The zero-order valence-corrected chi connectivity index (χ0v) is 7.61. The van der Waals surface area contributed by atoms with Crippen molar-refractivity contribution in [3.8, 4) is 0 Å². The maximum atomic E-state index is 5.63. The molecule has 0 aliphatic heterocycles. The van der Waals surface area contributed by atoms with E-state index in [4.69, 9.17) is 5.73 Å². The first-order valence-electron chi connectivity index (χ1n) is 4.52. The van der Waals surface area contributed by atoms with E-state index in [1.807, 2.05) is 30.1 Å². The number of unbranched alkanes of at least 4 members (excludes halogenated alkanes) is 1. The van der Waals surface area contributed by atoms with Gasteiger partial charge in [0.05, 0.1) is 0 Å². The first-order chi connectivity index (χ1) is 5.79. The molecule has 0 aliphatic carbocycles. The van der Waals surface area contributed by atoms with Crippen LogP contribution in [0.1, 0.15) is 26.2 Å². The first-order valence-corrected chi connectivity index (χ1v) is 4.52. The molecule has 0 aliphatic rings. The Balaban J connectivity index is 2.04. The van der Waals surface area contributed by atoms with E-state index < -0.39 is 0 Å². The van der Waals surface area contributed by atoms with Crippen molar-refractivity contribution in [2.75, 3.05) is 0 Å². The van der Waals surface area contributed by atoms with Gasteiger partial charge in [-0.3, -0.25) is 4.68 Å². The maximum absolute atomic E-state index is 5.63. The second-order valence-corrected chi connectivity index (χ2v) is 3.24. The Labute approximate surface area is 73.6 Å². The van der Waals surface area contributed by atoms with Crippen molar-refractivity contribution >= 4 is 0 Å². The summed E-state index contributed by atoms with van der Waals surface area (Å²) >= 11 is 0. The van der Waals surface area contributed by atoms with Crippen molar-refractivity contribution in [1.82, 2.24) is 9.78 Å². The molecule has 0 spiro atoms. The van der Waals surface area contributed by atoms with Crippen LogP contribution < -0.4 is 5.73 Å². The van der Waals surface area contributed by atoms with Crippen molar-refractivity contribution in [1.29, 1.82) is 0 Å². The quantitative estimate of drug-likeness (QED) is 0.674. The summed E-state index contributed by atoms with van der Waals surface area (Å²) in [7, 11) is 0. The fraction of sp³-hybridized carbons (Fsp3) is 0.667. The van der Waals surface area contributed by atoms with E-state index in [9.17, 15) is 0 Å². The zero-order chi connectivity index (χ0) is 8.81. The van der Waals surface area contributed by atoms with Gasteiger partial charge in [-0.25, -0.2) is 0 Å². The molecule has 0 saturated carbocycles. The van der Waals surface area contributed by atoms with Gasteiger partial charge in [0.2, 0.25) is 0 Å². The van der Waals surface area contributed by atoms with E-state index in [0.29, 0.717) is 6.04 Å². The van der Waals surface area contributed by atoms with Gasteiger partial charge in [0.25, 0.3) is 0 Å². The molecular weight excluding hydrogens is 150 g/mol. The summed E-state index contributed by atoms with van der Waals surface area (Å²) in [6, 6.07) is 2.29. The average molecular weight is 167 g/mol. The molecule has 0 amide bonds. The summed E-state index contributed by atoms with van der Waals surface area (Å²) in [4.78, 5) is 0. The molecule has 0 saturated heterocycles. The maximum Gasteiger partial charge on any atom is 0.0489 e. The van der Waals surface area contributed by atoms with Crippen molar-refractivity contribution in [2.24, 2.45) is 5.73 Å². The Morgan fingerprint density at radius 3 is 2.92 bits per heavy atom. The van der Waals surface area contributed by atoms with Crippen molar-refractivity contribution in [3.63, 3.8) is 0 Å². The van der Waals surface area contributed by atoms with E-state index in [1.54, 1.807) is 0 Å². The summed E-state index contributed by atoms with van der Waals surface area (Å²) < 4.78 is 1.96. The van der Waals surface area contributed by atoms with Gasteiger partial charge < -0.3 is 5.73 Å². The van der Waals surface area contributed by atoms with E-state index in [0.717, 1.165) is 13.0 Å². The van der Waals surface area contributed by atoms with E-state index in [-0.39, 0.29) is 0 Å². The zero-order valence-electron chi connectivity index (χ0n) is 7.61. The third-order valence-electron chi connectivity index (χ3n) is 1.86. The lowest BCUT2D eigenvalue weighted by atomic mass is 10.1. The minimum Gasteiger partial charge on any atom is -0.328 e. The van der Waals surface area contributed by atoms with Crippen molar-refractivity contribution in [3.05, 3.63) is 18.5 Å². The number of aryl methyl sites for hydroxylation is 1. The normalized spacial score (nSPS) is 13.2. The summed E-state index contributed by atoms with van der Waals surface area (Å²) in [5.74, 6) is 0. The predicted molar refractivity (Wildman–Crippen MR) is 49.7 cm³/mol. The van der Waals surface area contributed by atoms with Crippen LogP contribution >= 0.6 is 0 Å². The Kier molecular flexibility index (Phi) is 3.80. The van der Waals surface area contributed by atoms with Crippen LogP contribution in [0.15, 0.2) is 18.5 Å². The van der Waals surface area contributed by atoms with Crippen LogP contribution in [0.4, 0.5) is 0 Å². The molecule has 68 valence electrons. The number of nitrogens with zero attached hydrogens (tertiary/aromatic N) is 2. The fourth-order valence-electron chi connectivity index (χ4n) is 1.17. The van der Waals surface area contributed by atoms with Gasteiger partial charge in [-0.05, 0) is 25.8 Å². The summed E-state index contributed by atoms with van der Waals surface area (Å²) in [6.07, 6.45) is 7.28. The van der Waals surface area contributed by atoms with Gasteiger partial charge in [-0.15, -0.1) is 0 Å². The van der Waals surface area contributed by atoms with Crippen LogP contribution in [-0.2, 0) is 6.54 Å². The summed E-state index contributed by atoms with van der Waals surface area (Å²) in [5.41, 5.74) is 5.63. The topological polar surface area (TPSA) is 43.8 Å². The number of nitrogens with two attached hydrogens (primary N) is 1. The summed E-state index contributed by atoms with van der Waals surface area (Å²) in [5, 5.41) is 4.12. The average Bonchev–Trinajstić information content (AvgIpc) is 2.49. The van der Waals surface area contributed by atoms with Gasteiger partial charge in [-0.2, -0.15) is 5.10 Å². The highest BCUT2D eigenvalue weighted by Gasteiger charge is 1.94. The molecule has 0 radical (unpaired) electrons. The van der Waals surface area contributed by atoms with Crippen molar-refractivity contribution in [2.45, 2.75) is 38.8 Å². The highest BCUT2D eigenvalue weighted by Crippen LogP contribution is 2.00. The minimum absolute atomic E-state index is 0.336. The van der Waals surface area contributed by atoms with Crippen LogP contribution in [0, 0.1) is 0 Å². The second kappa shape index (κ2) is 4.93. The Morgan fingerprint density at radius 1 is 1.50 bits per heavy atom. The fourth-order valence-corrected chi connectivity index (χ4v) is 1.17. The molecule has 0 fully saturated rings. The molecule has 1 rings (SSSR count). The van der Waals surface area contributed by atoms with E-state index in [1.165, 1.54) is 12.8 Å². The number of aromatic nitrogens is 2. The molecule has 1 atom stereocenters. The third kappa shape index (κ3) is 3.53. The van der Waals surface area contributed by atoms with Gasteiger partial charge in [0, 0.05) is 25.0 Å². The van der Waals surface area contributed by atoms with Gasteiger partial charge in [0.1, 0.15) is 0 Å². The number of hydrogen-bond acceptors (Lipinski definition) is 2. The van der Waals surface area contributed by atoms with E-state index >= 15 is 0 Å². The molecule has 12 heavy (non-hydrogen) atoms. The molecule has 0 aromatic carbocycles. The standard InChI is InChI=1S/C9H17N3/c1-9(10)5-2-3-7-12-8-4-6-11-12/h4,6,8-9H,2-3,5,7,10H2,1H3. The van der Waals surface area contributed by atoms with Crippen LogP contribution in [-0.4, -0.2) is 15.8 Å². The molecule has 2 N–H and O–H groups in total. The van der Waals surface area contributed by atoms with Gasteiger partial charge in [0.15, 0.2) is 0 Å². The molecule has 1 aromatic rings. The van der Waals surface area contributed by atoms with Crippen molar-refractivity contribution < 1.29 is 0 Å². The second-order valence-electron chi connectivity index (χ2n) is 3.24. The molecule has 0 bridgehead atoms. The lowest BCUT2D eigenvalue weighted by Gasteiger charge is -2.04. The number of rotatable bonds is 5. The Morgan fingerprint density at radius 2 is 2.33 bits per heavy atom. The highest BCUT2D eigenvalue weighted by atomic mass is 15.3. The van der Waals surface area contributed by atoms with Crippen LogP contribution in [0.3, 0.4) is 0 Å². The lowest BCUT2D eigenvalue weighted by Crippen LogP contribution is -2.14. The molecule has 1 unspecified atom stereocenters. The molecule has 3 nitrogen and oxygen atoms in total. The minimum atomic E-state index is 0.336. The Hall–Kier alpha value is -0.830. The van der Waals surface area contributed by atoms with Gasteiger partial charge in [-0.1, -0.05) is 6.42 Å². The first kappa shape index (κ1) is 9.26. The number of hydrogen-bond donors (Lipinski definition) is 1. The molecule has 1 aromatic heterocycles. The van der Waals surface area contributed by atoms with Crippen LogP contribution in [0.5, 0.6) is 0 Å². The molecule has 1 heterocycles. The smallest absolute Gasteiger partial charge is 0.0489 e. The molecular formula is C9H17N3. The van der Waals surface area contributed by atoms with Crippen LogP contribution in [0.25, 0.3) is 0 Å². The highest BCUT2D eigenvalue weighted by molar-refractivity contribution is 4.77. The predicted octanol–water partition coefficient (Wildman–Crippen LogP) is 1.40. The summed E-state index contributed by atoms with van der Waals surface area (Å²) in [6.45, 7) is 3.06. The largest absolute Gasteiger partial charge is 0.328 e. The van der Waals surface area contributed by atoms with Crippen LogP contribution in [0.2, 0.25) is 0 Å². The lowest BCUT2D eigenvalue weighted by molar-refractivity contribution is 0.521.